The van der Waals surface area contributed by atoms with Gasteiger partial charge in [0.25, 0.3) is 0 Å². The molecule has 5 nitrogen and oxygen atoms in total. The van der Waals surface area contributed by atoms with E-state index in [1.54, 1.807) is 0 Å². The Labute approximate surface area is 281 Å². The molecule has 0 aliphatic heterocycles. The molecule has 47 heavy (non-hydrogen) atoms. The van der Waals surface area contributed by atoms with Crippen LogP contribution >= 0.6 is 15.9 Å². The van der Waals surface area contributed by atoms with Gasteiger partial charge in [0.05, 0.1) is 11.0 Å². The van der Waals surface area contributed by atoms with Crippen LogP contribution in [0.4, 0.5) is 0 Å². The van der Waals surface area contributed by atoms with E-state index in [1.807, 2.05) is 91.0 Å². The number of hydrogen-bond donors (Lipinski definition) is 1. The second-order valence-corrected chi connectivity index (χ2v) is 12.2. The van der Waals surface area contributed by atoms with Gasteiger partial charge >= 0.3 is 0 Å². The van der Waals surface area contributed by atoms with Crippen LogP contribution in [0.15, 0.2) is 168 Å². The Morgan fingerprint density at radius 3 is 1.45 bits per heavy atom. The molecule has 6 heteroatoms. The van der Waals surface area contributed by atoms with E-state index in [0.29, 0.717) is 17.5 Å². The maximum Gasteiger partial charge on any atom is 0.164 e. The lowest BCUT2D eigenvalue weighted by Crippen LogP contribution is -2.32. The fourth-order valence-electron chi connectivity index (χ4n) is 6.28. The molecular formula is C41H28BrN5. The zero-order valence-corrected chi connectivity index (χ0v) is 26.8. The Morgan fingerprint density at radius 1 is 0.447 bits per heavy atom. The summed E-state index contributed by atoms with van der Waals surface area (Å²) in [4.78, 5) is 23.8. The first-order valence-electron chi connectivity index (χ1n) is 15.4. The Balaban J connectivity index is 1.34. The number of benzene rings is 6. The average molecular weight is 671 g/mol. The van der Waals surface area contributed by atoms with E-state index in [-0.39, 0.29) is 0 Å². The van der Waals surface area contributed by atoms with Crippen LogP contribution in [-0.4, -0.2) is 24.9 Å². The molecule has 0 saturated carbocycles. The molecule has 0 saturated heterocycles. The highest BCUT2D eigenvalue weighted by atomic mass is 79.9. The lowest BCUT2D eigenvalue weighted by Gasteiger charge is -2.35. The summed E-state index contributed by atoms with van der Waals surface area (Å²) in [5.41, 5.74) is 7.06. The monoisotopic (exact) mass is 669 g/mol. The van der Waals surface area contributed by atoms with Gasteiger partial charge in [-0.25, -0.2) is 19.9 Å². The van der Waals surface area contributed by atoms with Gasteiger partial charge in [0.15, 0.2) is 17.5 Å². The van der Waals surface area contributed by atoms with E-state index < -0.39 is 5.41 Å². The molecule has 0 bridgehead atoms. The zero-order valence-electron chi connectivity index (χ0n) is 25.3. The van der Waals surface area contributed by atoms with Crippen molar-refractivity contribution >= 4 is 27.0 Å². The number of H-pyrrole nitrogens is 1. The molecule has 1 N–H and O–H groups in total. The Kier molecular flexibility index (Phi) is 7.48. The number of nitrogens with one attached hydrogen (secondary N) is 1. The fourth-order valence-corrected chi connectivity index (χ4v) is 6.87. The molecule has 0 radical (unpaired) electrons. The van der Waals surface area contributed by atoms with Crippen LogP contribution in [-0.2, 0) is 5.41 Å². The fraction of sp³-hybridized carbons (Fsp3) is 0.0244. The van der Waals surface area contributed by atoms with E-state index in [0.717, 1.165) is 54.7 Å². The first kappa shape index (κ1) is 28.7. The number of hydrogen-bond acceptors (Lipinski definition) is 4. The lowest BCUT2D eigenvalue weighted by molar-refractivity contribution is 0.692. The smallest absolute Gasteiger partial charge is 0.164 e. The predicted octanol–water partition coefficient (Wildman–Crippen LogP) is 9.89. The van der Waals surface area contributed by atoms with Crippen LogP contribution < -0.4 is 0 Å². The Hall–Kier alpha value is -5.72. The van der Waals surface area contributed by atoms with Crippen LogP contribution in [0.5, 0.6) is 0 Å². The quantitative estimate of drug-likeness (QED) is 0.172. The molecule has 0 fully saturated rings. The van der Waals surface area contributed by atoms with Gasteiger partial charge in [-0.05, 0) is 41.0 Å². The van der Waals surface area contributed by atoms with Crippen molar-refractivity contribution in [2.24, 2.45) is 0 Å². The van der Waals surface area contributed by atoms with Crippen molar-refractivity contribution in [2.75, 3.05) is 0 Å². The minimum atomic E-state index is -0.726. The summed E-state index contributed by atoms with van der Waals surface area (Å²) in [5, 5.41) is 0. The second kappa shape index (κ2) is 12.2. The molecule has 0 unspecified atom stereocenters. The summed E-state index contributed by atoms with van der Waals surface area (Å²) < 4.78 is 1.00. The van der Waals surface area contributed by atoms with Crippen molar-refractivity contribution in [3.8, 4) is 34.2 Å². The van der Waals surface area contributed by atoms with E-state index in [9.17, 15) is 0 Å². The standard InChI is InChI=1S/C41H28BrN5/c42-34-24-14-13-23-33(34)41(31-19-9-3-10-20-31,32-21-11-4-12-22-32)40-43-35-26-25-30(27-36(35)44-40)39-46-37(28-15-5-1-6-16-28)45-38(47-39)29-17-7-2-8-18-29/h1-27H,(H,43,44). The maximum atomic E-state index is 5.29. The van der Waals surface area contributed by atoms with Crippen LogP contribution in [0.1, 0.15) is 22.5 Å². The third kappa shape index (κ3) is 5.23. The molecule has 2 heterocycles. The molecule has 0 amide bonds. The number of halogens is 1. The summed E-state index contributed by atoms with van der Waals surface area (Å²) >= 11 is 3.90. The molecule has 224 valence electrons. The number of aromatic nitrogens is 5. The second-order valence-electron chi connectivity index (χ2n) is 11.3. The summed E-state index contributed by atoms with van der Waals surface area (Å²) in [6, 6.07) is 55.7. The van der Waals surface area contributed by atoms with Crippen LogP contribution in [0.3, 0.4) is 0 Å². The van der Waals surface area contributed by atoms with Crippen molar-refractivity contribution in [3.05, 3.63) is 191 Å². The SMILES string of the molecule is Brc1ccccc1C(c1ccccc1)(c1ccccc1)c1nc2ccc(-c3nc(-c4ccccc4)nc(-c4ccccc4)n3)cc2[nH]1. The normalized spacial score (nSPS) is 11.5. The van der Waals surface area contributed by atoms with Crippen molar-refractivity contribution in [3.63, 3.8) is 0 Å². The molecule has 0 atom stereocenters. The third-order valence-electron chi connectivity index (χ3n) is 8.49. The Morgan fingerprint density at radius 2 is 0.915 bits per heavy atom. The van der Waals surface area contributed by atoms with Crippen molar-refractivity contribution < 1.29 is 0 Å². The van der Waals surface area contributed by atoms with Gasteiger partial charge in [-0.3, -0.25) is 0 Å². The molecule has 6 aromatic carbocycles. The van der Waals surface area contributed by atoms with Gasteiger partial charge in [0.1, 0.15) is 11.2 Å². The maximum absolute atomic E-state index is 5.29. The van der Waals surface area contributed by atoms with Gasteiger partial charge in [-0.15, -0.1) is 0 Å². The molecule has 2 aromatic heterocycles. The topological polar surface area (TPSA) is 67.3 Å². The van der Waals surface area contributed by atoms with Gasteiger partial charge in [-0.1, -0.05) is 155 Å². The highest BCUT2D eigenvalue weighted by molar-refractivity contribution is 9.10. The van der Waals surface area contributed by atoms with Gasteiger partial charge < -0.3 is 4.98 Å². The number of aromatic amines is 1. The molecule has 8 aromatic rings. The first-order valence-corrected chi connectivity index (χ1v) is 16.2. The summed E-state index contributed by atoms with van der Waals surface area (Å²) in [5.74, 6) is 2.67. The molecule has 0 aliphatic carbocycles. The largest absolute Gasteiger partial charge is 0.341 e. The first-order chi connectivity index (χ1) is 23.2. The molecule has 8 rings (SSSR count). The minimum Gasteiger partial charge on any atom is -0.341 e. The highest BCUT2D eigenvalue weighted by Crippen LogP contribution is 2.47. The van der Waals surface area contributed by atoms with E-state index in [1.165, 1.54) is 0 Å². The lowest BCUT2D eigenvalue weighted by atomic mass is 9.69. The average Bonchev–Trinajstić information content (AvgIpc) is 3.58. The van der Waals surface area contributed by atoms with Gasteiger partial charge in [0.2, 0.25) is 0 Å². The zero-order chi connectivity index (χ0) is 31.6. The van der Waals surface area contributed by atoms with Crippen molar-refractivity contribution in [2.45, 2.75) is 5.41 Å². The summed E-state index contributed by atoms with van der Waals surface area (Å²) in [6.07, 6.45) is 0. The van der Waals surface area contributed by atoms with Crippen LogP contribution in [0, 0.1) is 0 Å². The number of fused-ring (bicyclic) bond motifs is 1. The van der Waals surface area contributed by atoms with E-state index in [4.69, 9.17) is 19.9 Å². The van der Waals surface area contributed by atoms with Gasteiger partial charge in [0, 0.05) is 21.2 Å². The molecule has 0 aliphatic rings. The Bertz CT molecular complexity index is 2210. The predicted molar refractivity (Wildman–Crippen MR) is 192 cm³/mol. The van der Waals surface area contributed by atoms with E-state index >= 15 is 0 Å². The van der Waals surface area contributed by atoms with Crippen molar-refractivity contribution in [1.29, 1.82) is 0 Å². The van der Waals surface area contributed by atoms with Crippen LogP contribution in [0.25, 0.3) is 45.2 Å². The number of imidazole rings is 1. The summed E-state index contributed by atoms with van der Waals surface area (Å²) in [6.45, 7) is 0. The van der Waals surface area contributed by atoms with E-state index in [2.05, 4.69) is 93.7 Å². The third-order valence-corrected chi connectivity index (χ3v) is 9.18. The van der Waals surface area contributed by atoms with Crippen molar-refractivity contribution in [1.82, 2.24) is 24.9 Å². The molecular weight excluding hydrogens is 642 g/mol. The number of nitrogens with zero attached hydrogens (tertiary/aromatic N) is 4. The number of rotatable bonds is 7. The van der Waals surface area contributed by atoms with Gasteiger partial charge in [-0.2, -0.15) is 0 Å². The van der Waals surface area contributed by atoms with Crippen LogP contribution in [0.2, 0.25) is 0 Å². The minimum absolute atomic E-state index is 0.596. The summed E-state index contributed by atoms with van der Waals surface area (Å²) in [7, 11) is 0. The highest BCUT2D eigenvalue weighted by Gasteiger charge is 2.42. The molecule has 0 spiro atoms.